The molecule has 0 aromatic carbocycles. The van der Waals surface area contributed by atoms with Crippen molar-refractivity contribution in [3.63, 3.8) is 0 Å². The first-order valence-corrected chi connectivity index (χ1v) is 22.0. The zero-order chi connectivity index (χ0) is 24.0. The van der Waals surface area contributed by atoms with Crippen LogP contribution in [-0.4, -0.2) is 55.1 Å². The second kappa shape index (κ2) is 12.9. The van der Waals surface area contributed by atoms with Crippen molar-refractivity contribution in [3.8, 4) is 0 Å². The summed E-state index contributed by atoms with van der Waals surface area (Å²) in [6.07, 6.45) is 7.65. The molecule has 0 unspecified atom stereocenters. The van der Waals surface area contributed by atoms with E-state index in [2.05, 4.69) is 121 Å². The van der Waals surface area contributed by atoms with Gasteiger partial charge in [0.1, 0.15) is 0 Å². The zero-order valence-electron chi connectivity index (χ0n) is 23.2. The zero-order valence-corrected chi connectivity index (χ0v) is 28.3. The van der Waals surface area contributed by atoms with E-state index in [-0.39, 0.29) is 22.9 Å². The molecule has 0 spiro atoms. The van der Waals surface area contributed by atoms with E-state index < -0.39 is 16.1 Å². The van der Waals surface area contributed by atoms with Crippen molar-refractivity contribution in [1.29, 1.82) is 0 Å². The molecule has 0 atom stereocenters. The largest absolute Gasteiger partial charge is 0.0461 e. The molecule has 0 fully saturated rings. The molecule has 0 nitrogen and oxygen atoms in total. The van der Waals surface area contributed by atoms with Crippen LogP contribution >= 0.6 is 7.92 Å². The van der Waals surface area contributed by atoms with Crippen LogP contribution in [0.3, 0.4) is 0 Å². The maximum atomic E-state index is 2.59. The predicted octanol–water partition coefficient (Wildman–Crippen LogP) is 8.84. The molecule has 0 bridgehead atoms. The third-order valence-electron chi connectivity index (χ3n) is 7.46. The second-order valence-corrected chi connectivity index (χ2v) is 31.4. The molecule has 0 saturated carbocycles. The fraction of sp³-hybridized carbons (Fsp3) is 0.808. The van der Waals surface area contributed by atoms with Crippen LogP contribution in [0.5, 0.6) is 0 Å². The quantitative estimate of drug-likeness (QED) is 0.219. The summed E-state index contributed by atoms with van der Waals surface area (Å²) in [5, 5.41) is 0. The SMILES string of the molecule is CC(C)[Si]([C]1=CC=C[C]([Si](C(C)C)(C(C)C)C(C)C)=[Ge]1)(C(C)C)C(C)C.C[PH+](C)C. The van der Waals surface area contributed by atoms with E-state index in [1.54, 1.807) is 0 Å². The normalized spacial score (nSPS) is 15.5. The van der Waals surface area contributed by atoms with Gasteiger partial charge in [-0.3, -0.25) is 0 Å². The van der Waals surface area contributed by atoms with Crippen LogP contribution in [0.1, 0.15) is 83.1 Å². The molecular weight excluding hydrogens is 472 g/mol. The number of allylic oxidation sites excluding steroid dienone is 3. The molecule has 1 radical (unpaired) electrons. The van der Waals surface area contributed by atoms with Crippen molar-refractivity contribution in [2.75, 3.05) is 20.0 Å². The van der Waals surface area contributed by atoms with Crippen LogP contribution in [0.25, 0.3) is 0 Å². The molecule has 0 amide bonds. The molecule has 1 rings (SSSR count). The summed E-state index contributed by atoms with van der Waals surface area (Å²) in [5.41, 5.74) is 4.99. The van der Waals surface area contributed by atoms with E-state index in [0.717, 1.165) is 33.2 Å². The summed E-state index contributed by atoms with van der Waals surface area (Å²) in [7, 11) is -2.85. The van der Waals surface area contributed by atoms with Crippen LogP contribution in [0.4, 0.5) is 0 Å². The van der Waals surface area contributed by atoms with Gasteiger partial charge in [0, 0.05) is 20.0 Å². The van der Waals surface area contributed by atoms with Crippen molar-refractivity contribution in [1.82, 2.24) is 0 Å². The van der Waals surface area contributed by atoms with E-state index in [1.165, 1.54) is 0 Å². The molecule has 0 saturated heterocycles. The Balaban J connectivity index is 0.00000192. The maximum absolute atomic E-state index is 2.59. The molecule has 0 aliphatic carbocycles. The van der Waals surface area contributed by atoms with Crippen molar-refractivity contribution in [3.05, 3.63) is 22.3 Å². The minimum Gasteiger partial charge on any atom is -0.00840 e. The van der Waals surface area contributed by atoms with Crippen molar-refractivity contribution in [2.24, 2.45) is 0 Å². The molecule has 175 valence electrons. The van der Waals surface area contributed by atoms with Gasteiger partial charge in [-0.1, -0.05) is 0 Å². The second-order valence-electron chi connectivity index (χ2n) is 11.8. The minimum atomic E-state index is -1.48. The molecule has 1 heterocycles. The Labute approximate surface area is 201 Å². The van der Waals surface area contributed by atoms with Gasteiger partial charge in [-0.05, 0) is 7.92 Å². The summed E-state index contributed by atoms with van der Waals surface area (Å²) in [5.74, 6) is 0. The topological polar surface area (TPSA) is 0 Å². The smallest absolute Gasteiger partial charge is 0.00840 e. The van der Waals surface area contributed by atoms with Crippen LogP contribution in [0.2, 0.25) is 33.2 Å². The molecule has 1 aliphatic rings. The molecule has 1 aliphatic heterocycles. The summed E-state index contributed by atoms with van der Waals surface area (Å²) < 4.78 is 3.93. The van der Waals surface area contributed by atoms with Crippen LogP contribution in [-0.2, 0) is 0 Å². The van der Waals surface area contributed by atoms with Gasteiger partial charge in [-0.15, -0.1) is 0 Å². The number of rotatable bonds is 8. The fourth-order valence-electron chi connectivity index (χ4n) is 6.84. The Morgan fingerprint density at radius 3 is 1.17 bits per heavy atom. The van der Waals surface area contributed by atoms with Gasteiger partial charge in [0.2, 0.25) is 0 Å². The molecule has 0 N–H and O–H groups in total. The maximum Gasteiger partial charge on any atom is 0.0461 e. The Morgan fingerprint density at radius 2 is 0.900 bits per heavy atom. The van der Waals surface area contributed by atoms with Crippen LogP contribution in [0.15, 0.2) is 22.3 Å². The Bertz CT molecular complexity index is 531. The van der Waals surface area contributed by atoms with E-state index in [0.29, 0.717) is 0 Å². The Hall–Kier alpha value is 0.757. The number of hydrogen-bond acceptors (Lipinski definition) is 0. The van der Waals surface area contributed by atoms with E-state index in [9.17, 15) is 0 Å². The average Bonchev–Trinajstić information content (AvgIpc) is 2.53. The summed E-state index contributed by atoms with van der Waals surface area (Å²) >= 11 is -0.155. The van der Waals surface area contributed by atoms with Crippen molar-refractivity contribution in [2.45, 2.75) is 116 Å². The first-order chi connectivity index (χ1) is 13.6. The number of hydrogen-bond donors (Lipinski definition) is 0. The minimum absolute atomic E-state index is 0.120. The fourth-order valence-corrected chi connectivity index (χ4v) is 36.8. The Kier molecular flexibility index (Phi) is 13.2. The van der Waals surface area contributed by atoms with Gasteiger partial charge in [-0.25, -0.2) is 0 Å². The van der Waals surface area contributed by atoms with E-state index in [4.69, 9.17) is 0 Å². The molecular formula is C26H55GePSi2+. The van der Waals surface area contributed by atoms with Gasteiger partial charge < -0.3 is 0 Å². The molecule has 4 heteroatoms. The van der Waals surface area contributed by atoms with Crippen molar-refractivity contribution >= 4 is 43.0 Å². The van der Waals surface area contributed by atoms with Crippen LogP contribution in [0, 0.1) is 0 Å². The summed E-state index contributed by atoms with van der Waals surface area (Å²) in [6, 6.07) is 0. The van der Waals surface area contributed by atoms with Gasteiger partial charge in [0.05, 0.1) is 0 Å². The average molecular weight is 527 g/mol. The van der Waals surface area contributed by atoms with Crippen molar-refractivity contribution < 1.29 is 0 Å². The third kappa shape index (κ3) is 6.42. The van der Waals surface area contributed by atoms with E-state index >= 15 is 0 Å². The predicted molar refractivity (Wildman–Crippen MR) is 156 cm³/mol. The summed E-state index contributed by atoms with van der Waals surface area (Å²) in [6.45, 7) is 37.1. The van der Waals surface area contributed by atoms with Gasteiger partial charge in [0.25, 0.3) is 0 Å². The first-order valence-electron chi connectivity index (χ1n) is 12.4. The molecule has 0 aromatic heterocycles. The molecule has 0 aromatic rings. The van der Waals surface area contributed by atoms with Gasteiger partial charge >= 0.3 is 174 Å². The van der Waals surface area contributed by atoms with Crippen LogP contribution < -0.4 is 0 Å². The van der Waals surface area contributed by atoms with Gasteiger partial charge in [0.15, 0.2) is 0 Å². The van der Waals surface area contributed by atoms with E-state index in [1.807, 2.05) is 8.00 Å². The Morgan fingerprint density at radius 1 is 0.600 bits per heavy atom. The monoisotopic (exact) mass is 528 g/mol. The third-order valence-corrected chi connectivity index (χ3v) is 29.7. The summed E-state index contributed by atoms with van der Waals surface area (Å²) in [4.78, 5) is 0. The molecule has 30 heavy (non-hydrogen) atoms. The standard InChI is InChI=1S/C23H45GeSi2.C3H9P/c1-16(2)25(17(3)4,18(5)6)22-14-13-15-23(24-22)26(19(7)8,20(9)10)21(11)12;1-4(2)3/h13-21H,1-12H3;1-3H3/p+1. The first kappa shape index (κ1) is 30.8. The van der Waals surface area contributed by atoms with Gasteiger partial charge in [-0.2, -0.15) is 0 Å².